The monoisotopic (exact) mass is 340 g/mol. The number of benzene rings is 1. The standard InChI is InChI=1S/C19H24N4O2/c1-6-23-11-15(12(2)22-23)10-20-19-8-14-7-17(24-4)18(25-5)9-16(14)13(3)21-19/h7-9,11H,6,10H2,1-5H3,(H,20,21). The molecule has 25 heavy (non-hydrogen) atoms. The largest absolute Gasteiger partial charge is 0.493 e. The van der Waals surface area contributed by atoms with Gasteiger partial charge in [0.25, 0.3) is 0 Å². The first-order chi connectivity index (χ1) is 12.0. The molecule has 0 aliphatic rings. The highest BCUT2D eigenvalue weighted by molar-refractivity contribution is 5.89. The number of anilines is 1. The summed E-state index contributed by atoms with van der Waals surface area (Å²) in [6.45, 7) is 7.67. The molecule has 2 aromatic heterocycles. The van der Waals surface area contributed by atoms with Crippen LogP contribution in [0, 0.1) is 13.8 Å². The fraction of sp³-hybridized carbons (Fsp3) is 0.368. The number of hydrogen-bond donors (Lipinski definition) is 1. The van der Waals surface area contributed by atoms with Gasteiger partial charge in [-0.05, 0) is 44.4 Å². The number of aryl methyl sites for hydroxylation is 3. The number of methoxy groups -OCH3 is 2. The van der Waals surface area contributed by atoms with E-state index in [1.165, 1.54) is 5.56 Å². The van der Waals surface area contributed by atoms with Crippen LogP contribution in [0.2, 0.25) is 0 Å². The molecular weight excluding hydrogens is 316 g/mol. The van der Waals surface area contributed by atoms with Gasteiger partial charge in [-0.15, -0.1) is 0 Å². The molecular formula is C19H24N4O2. The first kappa shape index (κ1) is 17.1. The predicted molar refractivity (Wildman–Crippen MR) is 99.5 cm³/mol. The fourth-order valence-electron chi connectivity index (χ4n) is 2.92. The fourth-order valence-corrected chi connectivity index (χ4v) is 2.92. The molecule has 1 N–H and O–H groups in total. The van der Waals surface area contributed by atoms with Crippen molar-refractivity contribution in [3.8, 4) is 11.5 Å². The smallest absolute Gasteiger partial charge is 0.161 e. The molecule has 3 rings (SSSR count). The minimum Gasteiger partial charge on any atom is -0.493 e. The van der Waals surface area contributed by atoms with Crippen molar-refractivity contribution < 1.29 is 9.47 Å². The van der Waals surface area contributed by atoms with Gasteiger partial charge in [0.2, 0.25) is 0 Å². The van der Waals surface area contributed by atoms with E-state index >= 15 is 0 Å². The van der Waals surface area contributed by atoms with Crippen LogP contribution >= 0.6 is 0 Å². The van der Waals surface area contributed by atoms with Crippen molar-refractivity contribution in [2.45, 2.75) is 33.9 Å². The van der Waals surface area contributed by atoms with Crippen LogP contribution in [0.1, 0.15) is 23.9 Å². The van der Waals surface area contributed by atoms with E-state index in [1.54, 1.807) is 14.2 Å². The van der Waals surface area contributed by atoms with Crippen LogP contribution in [0.25, 0.3) is 10.8 Å². The number of nitrogens with zero attached hydrogens (tertiary/aromatic N) is 3. The third-order valence-corrected chi connectivity index (χ3v) is 4.36. The summed E-state index contributed by atoms with van der Waals surface area (Å²) in [5.41, 5.74) is 3.16. The van der Waals surface area contributed by atoms with Gasteiger partial charge in [0.15, 0.2) is 11.5 Å². The van der Waals surface area contributed by atoms with E-state index < -0.39 is 0 Å². The van der Waals surface area contributed by atoms with Crippen molar-refractivity contribution >= 4 is 16.6 Å². The quantitative estimate of drug-likeness (QED) is 0.741. The summed E-state index contributed by atoms with van der Waals surface area (Å²) in [6, 6.07) is 5.98. The summed E-state index contributed by atoms with van der Waals surface area (Å²) < 4.78 is 12.7. The summed E-state index contributed by atoms with van der Waals surface area (Å²) in [4.78, 5) is 4.67. The highest BCUT2D eigenvalue weighted by Gasteiger charge is 2.10. The van der Waals surface area contributed by atoms with Crippen molar-refractivity contribution in [2.24, 2.45) is 0 Å². The number of ether oxygens (including phenoxy) is 2. The SMILES string of the molecule is CCn1cc(CNc2cc3cc(OC)c(OC)cc3c(C)n2)c(C)n1. The molecule has 0 aliphatic carbocycles. The Kier molecular flexibility index (Phi) is 4.79. The number of fused-ring (bicyclic) bond motifs is 1. The van der Waals surface area contributed by atoms with Crippen LogP contribution in [0.5, 0.6) is 11.5 Å². The second-order valence-electron chi connectivity index (χ2n) is 5.97. The second-order valence-corrected chi connectivity index (χ2v) is 5.97. The van der Waals surface area contributed by atoms with E-state index in [2.05, 4.69) is 28.5 Å². The highest BCUT2D eigenvalue weighted by atomic mass is 16.5. The summed E-state index contributed by atoms with van der Waals surface area (Å²) >= 11 is 0. The van der Waals surface area contributed by atoms with Crippen LogP contribution in [0.15, 0.2) is 24.4 Å². The lowest BCUT2D eigenvalue weighted by Crippen LogP contribution is -2.03. The molecule has 0 fully saturated rings. The molecule has 0 radical (unpaired) electrons. The van der Waals surface area contributed by atoms with Gasteiger partial charge in [0.05, 0.1) is 19.9 Å². The summed E-state index contributed by atoms with van der Waals surface area (Å²) in [6.07, 6.45) is 2.07. The molecule has 0 atom stereocenters. The Bertz CT molecular complexity index is 902. The van der Waals surface area contributed by atoms with Gasteiger partial charge in [-0.3, -0.25) is 4.68 Å². The lowest BCUT2D eigenvalue weighted by molar-refractivity contribution is 0.356. The first-order valence-electron chi connectivity index (χ1n) is 8.35. The van der Waals surface area contributed by atoms with Gasteiger partial charge in [-0.25, -0.2) is 4.98 Å². The third kappa shape index (κ3) is 3.38. The topological polar surface area (TPSA) is 61.2 Å². The van der Waals surface area contributed by atoms with Gasteiger partial charge in [-0.1, -0.05) is 0 Å². The van der Waals surface area contributed by atoms with Crippen molar-refractivity contribution in [2.75, 3.05) is 19.5 Å². The maximum Gasteiger partial charge on any atom is 0.161 e. The van der Waals surface area contributed by atoms with Gasteiger partial charge < -0.3 is 14.8 Å². The molecule has 0 saturated heterocycles. The van der Waals surface area contributed by atoms with E-state index in [0.29, 0.717) is 18.0 Å². The molecule has 0 aliphatic heterocycles. The van der Waals surface area contributed by atoms with Crippen LogP contribution in [-0.4, -0.2) is 29.0 Å². The molecule has 0 bridgehead atoms. The lowest BCUT2D eigenvalue weighted by Gasteiger charge is -2.12. The molecule has 2 heterocycles. The highest BCUT2D eigenvalue weighted by Crippen LogP contribution is 2.34. The Morgan fingerprint density at radius 2 is 1.76 bits per heavy atom. The lowest BCUT2D eigenvalue weighted by atomic mass is 10.1. The van der Waals surface area contributed by atoms with E-state index in [1.807, 2.05) is 36.7 Å². The van der Waals surface area contributed by atoms with Crippen molar-refractivity contribution in [1.82, 2.24) is 14.8 Å². The van der Waals surface area contributed by atoms with Crippen LogP contribution < -0.4 is 14.8 Å². The van der Waals surface area contributed by atoms with E-state index in [-0.39, 0.29) is 0 Å². The maximum atomic E-state index is 5.41. The zero-order valence-corrected chi connectivity index (χ0v) is 15.4. The average Bonchev–Trinajstić information content (AvgIpc) is 2.99. The van der Waals surface area contributed by atoms with Gasteiger partial charge in [0.1, 0.15) is 5.82 Å². The molecule has 6 heteroatoms. The zero-order valence-electron chi connectivity index (χ0n) is 15.4. The first-order valence-corrected chi connectivity index (χ1v) is 8.35. The minimum atomic E-state index is 0.692. The molecule has 0 spiro atoms. The van der Waals surface area contributed by atoms with Gasteiger partial charge >= 0.3 is 0 Å². The van der Waals surface area contributed by atoms with Crippen molar-refractivity contribution in [3.05, 3.63) is 41.3 Å². The van der Waals surface area contributed by atoms with Crippen LogP contribution in [-0.2, 0) is 13.1 Å². The number of hydrogen-bond acceptors (Lipinski definition) is 5. The molecule has 0 unspecified atom stereocenters. The van der Waals surface area contributed by atoms with E-state index in [0.717, 1.165) is 34.5 Å². The Balaban J connectivity index is 1.90. The third-order valence-electron chi connectivity index (χ3n) is 4.36. The average molecular weight is 340 g/mol. The minimum absolute atomic E-state index is 0.692. The van der Waals surface area contributed by atoms with Crippen LogP contribution in [0.4, 0.5) is 5.82 Å². The molecule has 6 nitrogen and oxygen atoms in total. The van der Waals surface area contributed by atoms with E-state index in [9.17, 15) is 0 Å². The maximum absolute atomic E-state index is 5.41. The predicted octanol–water partition coefficient (Wildman–Crippen LogP) is 3.70. The van der Waals surface area contributed by atoms with Gasteiger partial charge in [-0.2, -0.15) is 5.10 Å². The molecule has 1 aromatic carbocycles. The second kappa shape index (κ2) is 7.01. The number of pyridine rings is 1. The Hall–Kier alpha value is -2.76. The normalized spacial score (nSPS) is 10.9. The Morgan fingerprint density at radius 1 is 1.04 bits per heavy atom. The number of rotatable bonds is 6. The van der Waals surface area contributed by atoms with Crippen LogP contribution in [0.3, 0.4) is 0 Å². The van der Waals surface area contributed by atoms with E-state index in [4.69, 9.17) is 9.47 Å². The number of aromatic nitrogens is 3. The van der Waals surface area contributed by atoms with Gasteiger partial charge in [0, 0.05) is 35.9 Å². The molecule has 3 aromatic rings. The molecule has 0 saturated carbocycles. The zero-order chi connectivity index (χ0) is 18.0. The summed E-state index contributed by atoms with van der Waals surface area (Å²) in [5.74, 6) is 2.26. The summed E-state index contributed by atoms with van der Waals surface area (Å²) in [5, 5.41) is 10.00. The summed E-state index contributed by atoms with van der Waals surface area (Å²) in [7, 11) is 3.28. The number of nitrogens with one attached hydrogen (secondary N) is 1. The van der Waals surface area contributed by atoms with Crippen molar-refractivity contribution in [1.29, 1.82) is 0 Å². The van der Waals surface area contributed by atoms with Crippen molar-refractivity contribution in [3.63, 3.8) is 0 Å². The molecule has 0 amide bonds. The Morgan fingerprint density at radius 3 is 2.40 bits per heavy atom. The Labute approximate surface area is 147 Å². The molecule has 132 valence electrons.